The van der Waals surface area contributed by atoms with Crippen molar-refractivity contribution in [2.24, 2.45) is 17.6 Å². The maximum absolute atomic E-state index is 12.7. The molecule has 7 N–H and O–H groups in total. The van der Waals surface area contributed by atoms with Gasteiger partial charge in [-0.2, -0.15) is 0 Å². The smallest absolute Gasteiger partial charge is 0.407 e. The number of ether oxygens (including phenoxy) is 6. The zero-order valence-electron chi connectivity index (χ0n) is 31.5. The summed E-state index contributed by atoms with van der Waals surface area (Å²) in [5.41, 5.74) is 5.75. The molecule has 2 heterocycles. The molecule has 0 radical (unpaired) electrons. The Hall–Kier alpha value is -3.35. The van der Waals surface area contributed by atoms with Crippen LogP contribution in [0.15, 0.2) is 11.6 Å². The third-order valence-electron chi connectivity index (χ3n) is 9.37. The number of rotatable bonds is 23. The largest absolute Gasteiger partial charge is 0.443 e. The molecule has 5 amide bonds. The second kappa shape index (κ2) is 20.8. The minimum atomic E-state index is -0.866. The first-order valence-electron chi connectivity index (χ1n) is 18.1. The van der Waals surface area contributed by atoms with E-state index in [2.05, 4.69) is 53.4 Å². The molecule has 0 aromatic rings. The van der Waals surface area contributed by atoms with E-state index in [-0.39, 0.29) is 88.8 Å². The average molecular weight is 741 g/mol. The molecule has 0 aromatic carbocycles. The first-order chi connectivity index (χ1) is 24.7. The molecule has 2 aliphatic heterocycles. The maximum atomic E-state index is 12.7. The van der Waals surface area contributed by atoms with Crippen molar-refractivity contribution in [1.82, 2.24) is 26.6 Å². The van der Waals surface area contributed by atoms with Gasteiger partial charge in [-0.3, -0.25) is 19.2 Å². The third-order valence-corrected chi connectivity index (χ3v) is 9.37. The zero-order chi connectivity index (χ0) is 38.3. The highest BCUT2D eigenvalue weighted by Gasteiger charge is 2.72. The Morgan fingerprint density at radius 3 is 2.17 bits per heavy atom. The van der Waals surface area contributed by atoms with E-state index < -0.39 is 47.5 Å². The van der Waals surface area contributed by atoms with Crippen LogP contribution >= 0.6 is 0 Å². The number of epoxide rings is 2. The van der Waals surface area contributed by atoms with Crippen LogP contribution in [-0.2, 0) is 47.6 Å². The number of alkyl carbamates (subject to hydrolysis) is 1. The number of allylic oxidation sites excluding steroid dienone is 1. The number of hydrogen-bond donors (Lipinski definition) is 6. The molecule has 3 fully saturated rings. The normalized spacial score (nSPS) is 26.5. The van der Waals surface area contributed by atoms with Gasteiger partial charge in [-0.05, 0) is 52.4 Å². The minimum Gasteiger partial charge on any atom is -0.443 e. The van der Waals surface area contributed by atoms with Gasteiger partial charge in [0.1, 0.15) is 29.5 Å². The molecule has 0 aromatic heterocycles. The fraction of sp³-hybridized carbons (Fsp3) is 0.800. The Labute approximate surface area is 306 Å². The summed E-state index contributed by atoms with van der Waals surface area (Å²) in [6.45, 7) is 11.3. The first kappa shape index (κ1) is 43.1. The van der Waals surface area contributed by atoms with E-state index in [1.54, 1.807) is 7.11 Å². The Morgan fingerprint density at radius 2 is 1.58 bits per heavy atom. The fourth-order valence-corrected chi connectivity index (χ4v) is 6.61. The van der Waals surface area contributed by atoms with Crippen molar-refractivity contribution >= 4 is 29.7 Å². The lowest BCUT2D eigenvalue weighted by Crippen LogP contribution is -2.56. The van der Waals surface area contributed by atoms with Crippen LogP contribution in [0.5, 0.6) is 0 Å². The van der Waals surface area contributed by atoms with Crippen LogP contribution in [0.3, 0.4) is 0 Å². The van der Waals surface area contributed by atoms with Crippen LogP contribution in [0.4, 0.5) is 4.79 Å². The van der Waals surface area contributed by atoms with Gasteiger partial charge in [-0.25, -0.2) is 4.79 Å². The molecular formula is C35H60N6O11. The third kappa shape index (κ3) is 13.6. The lowest BCUT2D eigenvalue weighted by molar-refractivity contribution is -0.131. The summed E-state index contributed by atoms with van der Waals surface area (Å²) in [5.74, 6) is -1.93. The summed E-state index contributed by atoms with van der Waals surface area (Å²) < 4.78 is 34.9. The average Bonchev–Trinajstić information content (AvgIpc) is 4.02. The lowest BCUT2D eigenvalue weighted by Gasteiger charge is -2.42. The summed E-state index contributed by atoms with van der Waals surface area (Å²) in [4.78, 5) is 60.8. The van der Waals surface area contributed by atoms with E-state index in [1.165, 1.54) is 5.57 Å². The SMILES string of the molecule is COC1C(OC(=O)NCCOCCOCCNC(=O)CNC(=O)[C@H](CC(C)C)NC(=O)CNC(=O)CN)CC[C@]2(CO2)C1C1(C)O[C@@H]1CC=C(C)C. The van der Waals surface area contributed by atoms with Crippen molar-refractivity contribution in [2.45, 2.75) is 95.9 Å². The summed E-state index contributed by atoms with van der Waals surface area (Å²) in [5, 5.41) is 12.8. The number of hydrogen-bond acceptors (Lipinski definition) is 12. The van der Waals surface area contributed by atoms with E-state index >= 15 is 0 Å². The second-order valence-corrected chi connectivity index (χ2v) is 14.3. The highest BCUT2D eigenvalue weighted by atomic mass is 16.6. The summed E-state index contributed by atoms with van der Waals surface area (Å²) in [6, 6.07) is -0.866. The maximum Gasteiger partial charge on any atom is 0.407 e. The van der Waals surface area contributed by atoms with Gasteiger partial charge in [0.25, 0.3) is 0 Å². The van der Waals surface area contributed by atoms with E-state index in [4.69, 9.17) is 34.2 Å². The van der Waals surface area contributed by atoms with Gasteiger partial charge in [0, 0.05) is 20.2 Å². The lowest BCUT2D eigenvalue weighted by atomic mass is 9.68. The molecule has 3 aliphatic rings. The van der Waals surface area contributed by atoms with Gasteiger partial charge in [-0.1, -0.05) is 25.5 Å². The van der Waals surface area contributed by atoms with E-state index in [9.17, 15) is 24.0 Å². The van der Waals surface area contributed by atoms with E-state index in [1.807, 2.05) is 13.8 Å². The molecule has 2 saturated heterocycles. The molecule has 4 unspecified atom stereocenters. The van der Waals surface area contributed by atoms with Gasteiger partial charge < -0.3 is 60.7 Å². The quantitative estimate of drug-likeness (QED) is 0.0449. The second-order valence-electron chi connectivity index (χ2n) is 14.3. The number of amides is 5. The monoisotopic (exact) mass is 740 g/mol. The molecule has 1 saturated carbocycles. The van der Waals surface area contributed by atoms with Crippen molar-refractivity contribution in [2.75, 3.05) is 72.9 Å². The van der Waals surface area contributed by atoms with Crippen LogP contribution in [0.25, 0.3) is 0 Å². The Morgan fingerprint density at radius 1 is 0.923 bits per heavy atom. The van der Waals surface area contributed by atoms with Crippen molar-refractivity contribution in [3.63, 3.8) is 0 Å². The number of methoxy groups -OCH3 is 1. The molecule has 17 nitrogen and oxygen atoms in total. The Bertz CT molecular complexity index is 1240. The Balaban J connectivity index is 1.24. The summed E-state index contributed by atoms with van der Waals surface area (Å²) in [6.07, 6.45) is 3.50. The van der Waals surface area contributed by atoms with Crippen molar-refractivity contribution in [3.8, 4) is 0 Å². The highest BCUT2D eigenvalue weighted by Crippen LogP contribution is 2.59. The molecule has 52 heavy (non-hydrogen) atoms. The standard InChI is InChI=1S/C35H60N6O11/c1-22(2)7-8-26-34(5,52-26)31-30(47-6)25(9-10-35(31)21-50-35)51-33(46)38-12-14-49-16-15-48-13-11-37-28(43)19-40-32(45)24(17-23(3)4)41-29(44)20-39-27(42)18-36/h7,23-26,30-31H,8-21,36H2,1-6H3,(H,37,43)(H,38,46)(H,39,42)(H,40,45)(H,41,44)/t24-,25?,26+,30?,31?,34?,35-/m0/s1. The van der Waals surface area contributed by atoms with Crippen LogP contribution in [0.2, 0.25) is 0 Å². The van der Waals surface area contributed by atoms with Crippen LogP contribution in [0.1, 0.15) is 60.3 Å². The predicted molar refractivity (Wildman–Crippen MR) is 189 cm³/mol. The van der Waals surface area contributed by atoms with E-state index in [0.717, 1.165) is 12.8 Å². The first-order valence-corrected chi connectivity index (χ1v) is 18.1. The van der Waals surface area contributed by atoms with Crippen molar-refractivity contribution in [3.05, 3.63) is 11.6 Å². The molecular weight excluding hydrogens is 680 g/mol. The predicted octanol–water partition coefficient (Wildman–Crippen LogP) is -0.340. The van der Waals surface area contributed by atoms with Crippen molar-refractivity contribution < 1.29 is 52.4 Å². The molecule has 1 aliphatic carbocycles. The number of carbonyl (C=O) groups is 5. The zero-order valence-corrected chi connectivity index (χ0v) is 31.5. The fourth-order valence-electron chi connectivity index (χ4n) is 6.61. The minimum absolute atomic E-state index is 0.0527. The van der Waals surface area contributed by atoms with Gasteiger partial charge >= 0.3 is 6.09 Å². The van der Waals surface area contributed by atoms with Gasteiger partial charge in [0.05, 0.1) is 64.7 Å². The molecule has 0 bridgehead atoms. The summed E-state index contributed by atoms with van der Waals surface area (Å²) in [7, 11) is 1.64. The molecule has 1 spiro atoms. The number of nitrogens with two attached hydrogens (primary N) is 1. The summed E-state index contributed by atoms with van der Waals surface area (Å²) >= 11 is 0. The van der Waals surface area contributed by atoms with Gasteiger partial charge in [0.15, 0.2) is 0 Å². The number of carbonyl (C=O) groups excluding carboxylic acids is 5. The van der Waals surface area contributed by atoms with Gasteiger partial charge in [0.2, 0.25) is 23.6 Å². The molecule has 3 rings (SSSR count). The van der Waals surface area contributed by atoms with Crippen molar-refractivity contribution in [1.29, 1.82) is 0 Å². The Kier molecular flexibility index (Phi) is 17.2. The molecule has 17 heteroatoms. The highest BCUT2D eigenvalue weighted by molar-refractivity contribution is 5.92. The van der Waals surface area contributed by atoms with Gasteiger partial charge in [-0.15, -0.1) is 0 Å². The molecule has 7 atom stereocenters. The van der Waals surface area contributed by atoms with Crippen LogP contribution in [0, 0.1) is 11.8 Å². The number of nitrogens with one attached hydrogen (secondary N) is 5. The topological polar surface area (TPSA) is 234 Å². The van der Waals surface area contributed by atoms with E-state index in [0.29, 0.717) is 19.4 Å². The molecule has 296 valence electrons. The van der Waals surface area contributed by atoms with Crippen LogP contribution in [-0.4, -0.2) is 138 Å². The van der Waals surface area contributed by atoms with Crippen LogP contribution < -0.4 is 32.3 Å².